The summed E-state index contributed by atoms with van der Waals surface area (Å²) in [5.41, 5.74) is 1.77. The Morgan fingerprint density at radius 3 is 2.89 bits per heavy atom. The van der Waals surface area contributed by atoms with Crippen molar-refractivity contribution in [1.29, 1.82) is 0 Å². The second kappa shape index (κ2) is 4.47. The monoisotopic (exact) mass is 247 g/mol. The van der Waals surface area contributed by atoms with Crippen molar-refractivity contribution in [2.24, 2.45) is 5.41 Å². The van der Waals surface area contributed by atoms with Crippen LogP contribution in [0.15, 0.2) is 18.2 Å². The highest BCUT2D eigenvalue weighted by molar-refractivity contribution is 5.44. The van der Waals surface area contributed by atoms with E-state index >= 15 is 0 Å². The highest BCUT2D eigenvalue weighted by Crippen LogP contribution is 2.37. The maximum Gasteiger partial charge on any atom is 0.231 e. The molecule has 3 heteroatoms. The van der Waals surface area contributed by atoms with Crippen LogP contribution in [0.5, 0.6) is 11.5 Å². The molecular formula is C15H21NO2. The van der Waals surface area contributed by atoms with Gasteiger partial charge in [0.25, 0.3) is 0 Å². The van der Waals surface area contributed by atoms with Crippen molar-refractivity contribution < 1.29 is 9.47 Å². The van der Waals surface area contributed by atoms with Crippen LogP contribution in [-0.4, -0.2) is 12.8 Å². The fraction of sp³-hybridized carbons (Fsp3) is 0.600. The molecule has 0 aromatic heterocycles. The van der Waals surface area contributed by atoms with E-state index < -0.39 is 0 Å². The Labute approximate surface area is 108 Å². The summed E-state index contributed by atoms with van der Waals surface area (Å²) in [5.74, 6) is 1.74. The van der Waals surface area contributed by atoms with Crippen LogP contribution in [0.3, 0.4) is 0 Å². The summed E-state index contributed by atoms with van der Waals surface area (Å²) in [6, 6.07) is 6.85. The number of hydrogen-bond acceptors (Lipinski definition) is 3. The first-order chi connectivity index (χ1) is 8.62. The molecule has 1 aromatic rings. The van der Waals surface area contributed by atoms with Gasteiger partial charge in [-0.1, -0.05) is 19.9 Å². The largest absolute Gasteiger partial charge is 0.454 e. The molecule has 3 nitrogen and oxygen atoms in total. The van der Waals surface area contributed by atoms with Gasteiger partial charge in [-0.3, -0.25) is 0 Å². The van der Waals surface area contributed by atoms with Gasteiger partial charge < -0.3 is 14.8 Å². The lowest BCUT2D eigenvalue weighted by Gasteiger charge is -2.18. The third-order valence-electron chi connectivity index (χ3n) is 4.00. The zero-order chi connectivity index (χ0) is 12.6. The lowest BCUT2D eigenvalue weighted by Crippen LogP contribution is -2.26. The predicted octanol–water partition coefficient (Wildman–Crippen LogP) is 3.08. The lowest BCUT2D eigenvalue weighted by atomic mass is 9.92. The molecule has 1 aliphatic heterocycles. The minimum Gasteiger partial charge on any atom is -0.454 e. The number of hydrogen-bond donors (Lipinski definition) is 1. The molecule has 1 unspecified atom stereocenters. The molecule has 1 saturated carbocycles. The van der Waals surface area contributed by atoms with E-state index in [1.807, 2.05) is 6.07 Å². The van der Waals surface area contributed by atoms with Crippen LogP contribution in [0, 0.1) is 5.41 Å². The van der Waals surface area contributed by atoms with Crippen molar-refractivity contribution in [3.05, 3.63) is 23.8 Å². The molecule has 0 spiro atoms. The van der Waals surface area contributed by atoms with Crippen LogP contribution in [0.1, 0.15) is 38.7 Å². The van der Waals surface area contributed by atoms with Gasteiger partial charge in [0.1, 0.15) is 0 Å². The number of rotatable bonds is 3. The topological polar surface area (TPSA) is 30.5 Å². The van der Waals surface area contributed by atoms with E-state index in [1.54, 1.807) is 0 Å². The molecule has 3 rings (SSSR count). The lowest BCUT2D eigenvalue weighted by molar-refractivity contribution is 0.174. The van der Waals surface area contributed by atoms with Gasteiger partial charge in [-0.05, 0) is 42.4 Å². The molecule has 18 heavy (non-hydrogen) atoms. The van der Waals surface area contributed by atoms with Crippen LogP contribution < -0.4 is 14.8 Å². The van der Waals surface area contributed by atoms with Gasteiger partial charge in [-0.25, -0.2) is 0 Å². The molecule has 0 amide bonds. The van der Waals surface area contributed by atoms with Crippen LogP contribution in [0.2, 0.25) is 0 Å². The minimum absolute atomic E-state index is 0.350. The SMILES string of the molecule is CC1(C)CCC(NCc2ccc3c(c2)OCO3)C1. The highest BCUT2D eigenvalue weighted by Gasteiger charge is 2.30. The maximum atomic E-state index is 5.39. The summed E-state index contributed by atoms with van der Waals surface area (Å²) in [6.07, 6.45) is 3.89. The third-order valence-corrected chi connectivity index (χ3v) is 4.00. The molecule has 0 saturated heterocycles. The zero-order valence-electron chi connectivity index (χ0n) is 11.2. The van der Waals surface area contributed by atoms with E-state index in [2.05, 4.69) is 31.3 Å². The van der Waals surface area contributed by atoms with Gasteiger partial charge in [0, 0.05) is 12.6 Å². The Bertz CT molecular complexity index is 442. The Morgan fingerprint density at radius 2 is 2.11 bits per heavy atom. The van der Waals surface area contributed by atoms with Gasteiger partial charge >= 0.3 is 0 Å². The van der Waals surface area contributed by atoms with E-state index in [1.165, 1.54) is 24.8 Å². The third kappa shape index (κ3) is 2.46. The Kier molecular flexibility index (Phi) is 2.94. The van der Waals surface area contributed by atoms with E-state index in [-0.39, 0.29) is 0 Å². The normalized spacial score (nSPS) is 24.4. The summed E-state index contributed by atoms with van der Waals surface area (Å²) >= 11 is 0. The zero-order valence-corrected chi connectivity index (χ0v) is 11.2. The summed E-state index contributed by atoms with van der Waals surface area (Å²) in [4.78, 5) is 0. The maximum absolute atomic E-state index is 5.39. The molecule has 0 bridgehead atoms. The van der Waals surface area contributed by atoms with Gasteiger partial charge in [-0.2, -0.15) is 0 Å². The Balaban J connectivity index is 1.57. The summed E-state index contributed by atoms with van der Waals surface area (Å²) in [6.45, 7) is 5.98. The quantitative estimate of drug-likeness (QED) is 0.890. The van der Waals surface area contributed by atoms with Crippen molar-refractivity contribution in [3.8, 4) is 11.5 Å². The van der Waals surface area contributed by atoms with Crippen molar-refractivity contribution in [2.75, 3.05) is 6.79 Å². The first kappa shape index (κ1) is 11.8. The van der Waals surface area contributed by atoms with Crippen molar-refractivity contribution in [2.45, 2.75) is 45.7 Å². The highest BCUT2D eigenvalue weighted by atomic mass is 16.7. The average molecular weight is 247 g/mol. The van der Waals surface area contributed by atoms with E-state index in [0.717, 1.165) is 18.0 Å². The molecule has 1 aromatic carbocycles. The number of fused-ring (bicyclic) bond motifs is 1. The summed E-state index contributed by atoms with van der Waals surface area (Å²) in [7, 11) is 0. The molecule has 1 N–H and O–H groups in total. The van der Waals surface area contributed by atoms with Crippen molar-refractivity contribution in [3.63, 3.8) is 0 Å². The predicted molar refractivity (Wildman–Crippen MR) is 70.8 cm³/mol. The van der Waals surface area contributed by atoms with Gasteiger partial charge in [0.2, 0.25) is 6.79 Å². The van der Waals surface area contributed by atoms with E-state index in [4.69, 9.17) is 9.47 Å². The Morgan fingerprint density at radius 1 is 1.28 bits per heavy atom. The van der Waals surface area contributed by atoms with Gasteiger partial charge in [0.15, 0.2) is 11.5 Å². The molecule has 2 aliphatic rings. The molecule has 1 atom stereocenters. The molecule has 98 valence electrons. The van der Waals surface area contributed by atoms with Crippen molar-refractivity contribution >= 4 is 0 Å². The first-order valence-electron chi connectivity index (χ1n) is 6.74. The van der Waals surface area contributed by atoms with E-state index in [0.29, 0.717) is 18.2 Å². The second-order valence-electron chi connectivity index (χ2n) is 6.17. The average Bonchev–Trinajstić information content (AvgIpc) is 2.92. The van der Waals surface area contributed by atoms with Crippen LogP contribution in [0.4, 0.5) is 0 Å². The van der Waals surface area contributed by atoms with Crippen LogP contribution >= 0.6 is 0 Å². The van der Waals surface area contributed by atoms with Crippen LogP contribution in [0.25, 0.3) is 0 Å². The Hall–Kier alpha value is -1.22. The molecule has 0 radical (unpaired) electrons. The van der Waals surface area contributed by atoms with Crippen molar-refractivity contribution in [1.82, 2.24) is 5.32 Å². The number of ether oxygens (including phenoxy) is 2. The number of benzene rings is 1. The molecule has 1 heterocycles. The summed E-state index contributed by atoms with van der Waals surface area (Å²) < 4.78 is 10.7. The minimum atomic E-state index is 0.350. The smallest absolute Gasteiger partial charge is 0.231 e. The van der Waals surface area contributed by atoms with Crippen LogP contribution in [-0.2, 0) is 6.54 Å². The number of nitrogens with one attached hydrogen (secondary N) is 1. The molecule has 1 aliphatic carbocycles. The van der Waals surface area contributed by atoms with Gasteiger partial charge in [0.05, 0.1) is 0 Å². The molecule has 1 fully saturated rings. The first-order valence-corrected chi connectivity index (χ1v) is 6.74. The fourth-order valence-electron chi connectivity index (χ4n) is 2.92. The second-order valence-corrected chi connectivity index (χ2v) is 6.17. The fourth-order valence-corrected chi connectivity index (χ4v) is 2.92. The summed E-state index contributed by atoms with van der Waals surface area (Å²) in [5, 5.41) is 3.65. The standard InChI is InChI=1S/C15H21NO2/c1-15(2)6-5-12(8-15)16-9-11-3-4-13-14(7-11)18-10-17-13/h3-4,7,12,16H,5-6,8-10H2,1-2H3. The molecular weight excluding hydrogens is 226 g/mol. The van der Waals surface area contributed by atoms with E-state index in [9.17, 15) is 0 Å². The van der Waals surface area contributed by atoms with Gasteiger partial charge in [-0.15, -0.1) is 0 Å².